The largest absolute Gasteiger partial charge is 0.481 e. The number of nitrogens with zero attached hydrogens (tertiary/aromatic N) is 1. The number of fused-ring (bicyclic) bond motifs is 1. The summed E-state index contributed by atoms with van der Waals surface area (Å²) in [4.78, 5) is 19.3. The van der Waals surface area contributed by atoms with Crippen LogP contribution >= 0.6 is 0 Å². The Morgan fingerprint density at radius 1 is 1.32 bits per heavy atom. The lowest BCUT2D eigenvalue weighted by Crippen LogP contribution is -2.25. The molecule has 0 radical (unpaired) electrons. The minimum Gasteiger partial charge on any atom is -0.481 e. The summed E-state index contributed by atoms with van der Waals surface area (Å²) in [6.45, 7) is 0.575. The second-order valence-electron chi connectivity index (χ2n) is 4.95. The third-order valence-electron chi connectivity index (χ3n) is 3.56. The first kappa shape index (κ1) is 14.1. The van der Waals surface area contributed by atoms with Gasteiger partial charge in [-0.05, 0) is 24.1 Å². The first-order valence-electron chi connectivity index (χ1n) is 7.11. The fourth-order valence-electron chi connectivity index (χ4n) is 2.41. The van der Waals surface area contributed by atoms with Crippen molar-refractivity contribution in [2.24, 2.45) is 0 Å². The van der Waals surface area contributed by atoms with Crippen LogP contribution in [0.2, 0.25) is 0 Å². The Balaban J connectivity index is 1.61. The van der Waals surface area contributed by atoms with E-state index >= 15 is 0 Å². The molecule has 0 unspecified atom stereocenters. The molecule has 1 amide bonds. The van der Waals surface area contributed by atoms with Gasteiger partial charge in [0.2, 0.25) is 5.88 Å². The number of para-hydroxylation sites is 1. The van der Waals surface area contributed by atoms with Gasteiger partial charge in [0.05, 0.1) is 7.11 Å². The number of carbonyl (C=O) groups excluding carboxylic acids is 1. The van der Waals surface area contributed by atoms with Crippen molar-refractivity contribution in [2.45, 2.75) is 6.42 Å². The van der Waals surface area contributed by atoms with Crippen LogP contribution in [0, 0.1) is 0 Å². The van der Waals surface area contributed by atoms with Crippen LogP contribution in [-0.2, 0) is 6.42 Å². The zero-order chi connectivity index (χ0) is 15.4. The van der Waals surface area contributed by atoms with E-state index in [4.69, 9.17) is 4.74 Å². The lowest BCUT2D eigenvalue weighted by molar-refractivity contribution is 0.0953. The second kappa shape index (κ2) is 6.30. The van der Waals surface area contributed by atoms with Crippen LogP contribution in [0.15, 0.2) is 48.8 Å². The van der Waals surface area contributed by atoms with Gasteiger partial charge in [0.1, 0.15) is 0 Å². The zero-order valence-corrected chi connectivity index (χ0v) is 12.3. The van der Waals surface area contributed by atoms with Gasteiger partial charge in [0.25, 0.3) is 5.91 Å². The Kier molecular flexibility index (Phi) is 4.05. The molecule has 0 bridgehead atoms. The van der Waals surface area contributed by atoms with Gasteiger partial charge < -0.3 is 15.0 Å². The molecule has 2 heterocycles. The van der Waals surface area contributed by atoms with Gasteiger partial charge in [0.15, 0.2) is 0 Å². The summed E-state index contributed by atoms with van der Waals surface area (Å²) in [5.74, 6) is 0.310. The molecule has 0 spiro atoms. The van der Waals surface area contributed by atoms with Crippen molar-refractivity contribution in [3.63, 3.8) is 0 Å². The molecule has 2 N–H and O–H groups in total. The van der Waals surface area contributed by atoms with Crippen molar-refractivity contribution < 1.29 is 9.53 Å². The Hall–Kier alpha value is -2.82. The number of nitrogens with one attached hydrogen (secondary N) is 2. The molecule has 3 aromatic rings. The lowest BCUT2D eigenvalue weighted by atomic mass is 10.1. The Bertz CT molecular complexity index is 795. The van der Waals surface area contributed by atoms with E-state index in [1.54, 1.807) is 18.3 Å². The fraction of sp³-hybridized carbons (Fsp3) is 0.176. The van der Waals surface area contributed by atoms with Crippen molar-refractivity contribution in [2.75, 3.05) is 13.7 Å². The predicted octanol–water partition coefficient (Wildman–Crippen LogP) is 2.54. The van der Waals surface area contributed by atoms with Gasteiger partial charge in [-0.1, -0.05) is 18.2 Å². The number of aromatic amines is 1. The number of ether oxygens (including phenoxy) is 1. The highest BCUT2D eigenvalue weighted by Crippen LogP contribution is 2.17. The smallest absolute Gasteiger partial charge is 0.251 e. The number of hydrogen-bond donors (Lipinski definition) is 2. The van der Waals surface area contributed by atoms with Gasteiger partial charge in [-0.15, -0.1) is 0 Å². The number of hydrogen-bond acceptors (Lipinski definition) is 3. The van der Waals surface area contributed by atoms with Crippen molar-refractivity contribution in [3.8, 4) is 5.88 Å². The Morgan fingerprint density at radius 3 is 3.05 bits per heavy atom. The molecular formula is C17H17N3O2. The van der Waals surface area contributed by atoms with Crippen molar-refractivity contribution in [1.82, 2.24) is 15.3 Å². The highest BCUT2D eigenvalue weighted by Gasteiger charge is 2.08. The minimum atomic E-state index is -0.124. The minimum absolute atomic E-state index is 0.124. The van der Waals surface area contributed by atoms with Crippen LogP contribution in [0.25, 0.3) is 10.9 Å². The van der Waals surface area contributed by atoms with Crippen LogP contribution < -0.4 is 10.1 Å². The predicted molar refractivity (Wildman–Crippen MR) is 85.1 cm³/mol. The number of H-pyrrole nitrogens is 1. The van der Waals surface area contributed by atoms with E-state index in [2.05, 4.69) is 21.4 Å². The highest BCUT2D eigenvalue weighted by atomic mass is 16.5. The van der Waals surface area contributed by atoms with Crippen LogP contribution in [0.3, 0.4) is 0 Å². The average molecular weight is 295 g/mol. The third-order valence-corrected chi connectivity index (χ3v) is 3.56. The number of amides is 1. The molecule has 3 rings (SSSR count). The van der Waals surface area contributed by atoms with Gasteiger partial charge in [-0.25, -0.2) is 4.98 Å². The zero-order valence-electron chi connectivity index (χ0n) is 12.3. The summed E-state index contributed by atoms with van der Waals surface area (Å²) >= 11 is 0. The molecule has 112 valence electrons. The van der Waals surface area contributed by atoms with E-state index in [1.165, 1.54) is 18.1 Å². The molecule has 0 saturated carbocycles. The summed E-state index contributed by atoms with van der Waals surface area (Å²) in [7, 11) is 1.53. The van der Waals surface area contributed by atoms with Crippen molar-refractivity contribution in [3.05, 3.63) is 59.9 Å². The summed E-state index contributed by atoms with van der Waals surface area (Å²) in [6.07, 6.45) is 4.33. The van der Waals surface area contributed by atoms with Crippen molar-refractivity contribution in [1.29, 1.82) is 0 Å². The standard InChI is InChI=1S/C17H17N3O2/c1-22-16-10-12(6-8-18-16)17(21)19-9-7-13-11-20-15-5-3-2-4-14(13)15/h2-6,8,10-11,20H,7,9H2,1H3,(H,19,21). The molecule has 0 aliphatic rings. The average Bonchev–Trinajstić information content (AvgIpc) is 2.98. The SMILES string of the molecule is COc1cc(C(=O)NCCc2c[nH]c3ccccc23)ccn1. The molecule has 2 aromatic heterocycles. The van der Waals surface area contributed by atoms with E-state index in [0.717, 1.165) is 11.9 Å². The monoisotopic (exact) mass is 295 g/mol. The molecule has 5 nitrogen and oxygen atoms in total. The van der Waals surface area contributed by atoms with Crippen LogP contribution in [0.5, 0.6) is 5.88 Å². The third kappa shape index (κ3) is 2.93. The van der Waals surface area contributed by atoms with E-state index in [-0.39, 0.29) is 5.91 Å². The number of benzene rings is 1. The number of pyridine rings is 1. The molecule has 1 aromatic carbocycles. The molecule has 0 aliphatic heterocycles. The number of carbonyl (C=O) groups is 1. The molecule has 0 atom stereocenters. The summed E-state index contributed by atoms with van der Waals surface area (Å²) in [5.41, 5.74) is 2.86. The molecule has 22 heavy (non-hydrogen) atoms. The molecule has 0 aliphatic carbocycles. The normalized spacial score (nSPS) is 10.6. The summed E-state index contributed by atoms with van der Waals surface area (Å²) in [5, 5.41) is 4.11. The van der Waals surface area contributed by atoms with E-state index in [1.807, 2.05) is 24.4 Å². The first-order valence-corrected chi connectivity index (χ1v) is 7.11. The van der Waals surface area contributed by atoms with Gasteiger partial charge in [0, 0.05) is 41.5 Å². The Labute approximate surface area is 128 Å². The maximum Gasteiger partial charge on any atom is 0.251 e. The van der Waals surface area contributed by atoms with Crippen molar-refractivity contribution >= 4 is 16.8 Å². The van der Waals surface area contributed by atoms with Gasteiger partial charge >= 0.3 is 0 Å². The number of methoxy groups -OCH3 is 1. The van der Waals surface area contributed by atoms with E-state index in [9.17, 15) is 4.79 Å². The first-order chi connectivity index (χ1) is 10.8. The second-order valence-corrected chi connectivity index (χ2v) is 4.95. The number of rotatable bonds is 5. The highest BCUT2D eigenvalue weighted by molar-refractivity contribution is 5.94. The summed E-state index contributed by atoms with van der Waals surface area (Å²) < 4.78 is 5.02. The number of aromatic nitrogens is 2. The fourth-order valence-corrected chi connectivity index (χ4v) is 2.41. The van der Waals surface area contributed by atoms with E-state index < -0.39 is 0 Å². The van der Waals surface area contributed by atoms with Crippen LogP contribution in [0.1, 0.15) is 15.9 Å². The molecule has 0 fully saturated rings. The van der Waals surface area contributed by atoms with Crippen LogP contribution in [-0.4, -0.2) is 29.5 Å². The lowest BCUT2D eigenvalue weighted by Gasteiger charge is -2.06. The maximum absolute atomic E-state index is 12.1. The van der Waals surface area contributed by atoms with E-state index in [0.29, 0.717) is 18.0 Å². The van der Waals surface area contributed by atoms with Crippen LogP contribution in [0.4, 0.5) is 0 Å². The maximum atomic E-state index is 12.1. The summed E-state index contributed by atoms with van der Waals surface area (Å²) in [6, 6.07) is 11.4. The molecular weight excluding hydrogens is 278 g/mol. The molecule has 0 saturated heterocycles. The van der Waals surface area contributed by atoms with Gasteiger partial charge in [-0.3, -0.25) is 4.79 Å². The van der Waals surface area contributed by atoms with Gasteiger partial charge in [-0.2, -0.15) is 0 Å². The quantitative estimate of drug-likeness (QED) is 0.760. The molecule has 5 heteroatoms. The Morgan fingerprint density at radius 2 is 2.18 bits per heavy atom. The topological polar surface area (TPSA) is 67.0 Å².